The van der Waals surface area contributed by atoms with Crippen LogP contribution >= 0.6 is 0 Å². The van der Waals surface area contributed by atoms with Gasteiger partial charge in [0.2, 0.25) is 0 Å². The van der Waals surface area contributed by atoms with E-state index in [1.165, 1.54) is 16.5 Å². The maximum absolute atomic E-state index is 12.6. The van der Waals surface area contributed by atoms with Crippen molar-refractivity contribution in [2.24, 2.45) is 0 Å². The van der Waals surface area contributed by atoms with E-state index in [2.05, 4.69) is 0 Å². The number of hydrogen-bond acceptors (Lipinski definition) is 4. The quantitative estimate of drug-likeness (QED) is 0.717. The third kappa shape index (κ3) is 1.68. The first-order valence-corrected chi connectivity index (χ1v) is 6.47. The lowest BCUT2D eigenvalue weighted by atomic mass is 10.1. The Kier molecular flexibility index (Phi) is 2.93. The number of hydrogen-bond donors (Lipinski definition) is 0. The average Bonchev–Trinajstić information content (AvgIpc) is 2.51. The Morgan fingerprint density at radius 2 is 1.85 bits per heavy atom. The number of aromatic nitrogens is 2. The second-order valence-corrected chi connectivity index (χ2v) is 4.80. The third-order valence-corrected chi connectivity index (χ3v) is 3.71. The van der Waals surface area contributed by atoms with Gasteiger partial charge in [-0.3, -0.25) is 9.59 Å². The topological polar surface area (TPSA) is 70.3 Å². The third-order valence-electron chi connectivity index (χ3n) is 3.71. The molecule has 2 heterocycles. The molecule has 0 saturated heterocycles. The molecule has 0 unspecified atom stereocenters. The zero-order chi connectivity index (χ0) is 14.3. The van der Waals surface area contributed by atoms with Gasteiger partial charge in [-0.2, -0.15) is 0 Å². The standard InChI is InChI=1S/C14H14N2O4/c1-20-14(19)11-7-4-8-15-12(17)9-5-2-3-6-10(9)13(18)16(11)15/h2-3,5-6,11H,4,7-8H2,1H3/t11-/m1/s1. The number of methoxy groups -OCH3 is 1. The van der Waals surface area contributed by atoms with Crippen LogP contribution in [0.2, 0.25) is 0 Å². The summed E-state index contributed by atoms with van der Waals surface area (Å²) >= 11 is 0. The van der Waals surface area contributed by atoms with Gasteiger partial charge in [-0.25, -0.2) is 14.2 Å². The molecule has 104 valence electrons. The summed E-state index contributed by atoms with van der Waals surface area (Å²) < 4.78 is 7.35. The fourth-order valence-corrected chi connectivity index (χ4v) is 2.76. The van der Waals surface area contributed by atoms with E-state index in [1.807, 2.05) is 0 Å². The Morgan fingerprint density at radius 1 is 1.20 bits per heavy atom. The van der Waals surface area contributed by atoms with Gasteiger partial charge < -0.3 is 4.74 Å². The van der Waals surface area contributed by atoms with Crippen molar-refractivity contribution in [2.45, 2.75) is 25.4 Å². The maximum atomic E-state index is 12.6. The number of carbonyl (C=O) groups excluding carboxylic acids is 1. The zero-order valence-electron chi connectivity index (χ0n) is 11.0. The summed E-state index contributed by atoms with van der Waals surface area (Å²) in [6.45, 7) is 0.437. The minimum atomic E-state index is -0.724. The molecule has 1 atom stereocenters. The monoisotopic (exact) mass is 274 g/mol. The second-order valence-electron chi connectivity index (χ2n) is 4.80. The lowest BCUT2D eigenvalue weighted by Crippen LogP contribution is -2.46. The molecule has 1 aliphatic heterocycles. The lowest BCUT2D eigenvalue weighted by molar-refractivity contribution is -0.146. The number of fused-ring (bicyclic) bond motifs is 2. The number of nitrogens with zero attached hydrogens (tertiary/aromatic N) is 2. The van der Waals surface area contributed by atoms with Crippen LogP contribution < -0.4 is 11.1 Å². The summed E-state index contributed by atoms with van der Waals surface area (Å²) in [5.41, 5.74) is -0.566. The summed E-state index contributed by atoms with van der Waals surface area (Å²) in [5.74, 6) is -0.491. The van der Waals surface area contributed by atoms with Crippen LogP contribution in [0.1, 0.15) is 18.9 Å². The molecule has 0 fully saturated rings. The SMILES string of the molecule is COC(=O)[C@H]1CCCn2c(=O)c3ccccc3c(=O)n21. The van der Waals surface area contributed by atoms with Crippen LogP contribution in [0.3, 0.4) is 0 Å². The summed E-state index contributed by atoms with van der Waals surface area (Å²) in [4.78, 5) is 36.8. The largest absolute Gasteiger partial charge is 0.467 e. The molecule has 0 bridgehead atoms. The van der Waals surface area contributed by atoms with Crippen LogP contribution in [-0.4, -0.2) is 22.4 Å². The van der Waals surface area contributed by atoms with Gasteiger partial charge in [0, 0.05) is 6.54 Å². The first-order valence-electron chi connectivity index (χ1n) is 6.47. The molecule has 0 radical (unpaired) electrons. The van der Waals surface area contributed by atoms with Gasteiger partial charge in [-0.1, -0.05) is 12.1 Å². The van der Waals surface area contributed by atoms with Crippen LogP contribution in [0.4, 0.5) is 0 Å². The van der Waals surface area contributed by atoms with Crippen molar-refractivity contribution >= 4 is 16.7 Å². The van der Waals surface area contributed by atoms with Gasteiger partial charge in [0.15, 0.2) is 6.04 Å². The van der Waals surface area contributed by atoms with Gasteiger partial charge in [0.25, 0.3) is 11.1 Å². The molecule has 6 nitrogen and oxygen atoms in total. The van der Waals surface area contributed by atoms with Crippen LogP contribution in [0.25, 0.3) is 10.8 Å². The van der Waals surface area contributed by atoms with Crippen LogP contribution in [0.15, 0.2) is 33.9 Å². The van der Waals surface area contributed by atoms with Crippen LogP contribution in [0.5, 0.6) is 0 Å². The fraction of sp³-hybridized carbons (Fsp3) is 0.357. The molecular weight excluding hydrogens is 260 g/mol. The number of carbonyl (C=O) groups is 1. The molecular formula is C14H14N2O4. The van der Waals surface area contributed by atoms with E-state index in [0.717, 1.165) is 0 Å². The van der Waals surface area contributed by atoms with E-state index in [9.17, 15) is 14.4 Å². The first-order chi connectivity index (χ1) is 9.65. The molecule has 0 amide bonds. The zero-order valence-corrected chi connectivity index (χ0v) is 11.0. The van der Waals surface area contributed by atoms with Crippen LogP contribution in [0, 0.1) is 0 Å². The van der Waals surface area contributed by atoms with Crippen LogP contribution in [-0.2, 0) is 16.1 Å². The van der Waals surface area contributed by atoms with Crippen molar-refractivity contribution in [1.29, 1.82) is 0 Å². The lowest BCUT2D eigenvalue weighted by Gasteiger charge is -2.27. The average molecular weight is 274 g/mol. The molecule has 0 aliphatic carbocycles. The van der Waals surface area contributed by atoms with Crippen molar-refractivity contribution in [1.82, 2.24) is 9.36 Å². The van der Waals surface area contributed by atoms with Gasteiger partial charge in [-0.15, -0.1) is 0 Å². The number of esters is 1. The molecule has 20 heavy (non-hydrogen) atoms. The van der Waals surface area contributed by atoms with Gasteiger partial charge in [-0.05, 0) is 25.0 Å². The Balaban J connectivity index is 2.40. The molecule has 2 aromatic rings. The number of ether oxygens (including phenoxy) is 1. The van der Waals surface area contributed by atoms with E-state index < -0.39 is 12.0 Å². The van der Waals surface area contributed by atoms with Gasteiger partial charge in [0.05, 0.1) is 17.9 Å². The number of benzene rings is 1. The highest BCUT2D eigenvalue weighted by atomic mass is 16.5. The van der Waals surface area contributed by atoms with Gasteiger partial charge in [0.1, 0.15) is 0 Å². The van der Waals surface area contributed by atoms with Gasteiger partial charge >= 0.3 is 5.97 Å². The number of rotatable bonds is 1. The van der Waals surface area contributed by atoms with Crippen molar-refractivity contribution in [2.75, 3.05) is 7.11 Å². The van der Waals surface area contributed by atoms with Crippen molar-refractivity contribution < 1.29 is 9.53 Å². The summed E-state index contributed by atoms with van der Waals surface area (Å²) in [5, 5.41) is 0.726. The highest BCUT2D eigenvalue weighted by Gasteiger charge is 2.29. The van der Waals surface area contributed by atoms with E-state index >= 15 is 0 Å². The predicted octanol–water partition coefficient (Wildman–Crippen LogP) is 0.671. The normalized spacial score (nSPS) is 17.8. The molecule has 3 rings (SSSR count). The minimum absolute atomic E-state index is 0.242. The molecule has 1 aromatic carbocycles. The first kappa shape index (κ1) is 12.7. The Morgan fingerprint density at radius 3 is 2.50 bits per heavy atom. The molecule has 0 N–H and O–H groups in total. The molecule has 1 aromatic heterocycles. The summed E-state index contributed by atoms with van der Waals surface area (Å²) in [6.07, 6.45) is 1.17. The molecule has 0 saturated carbocycles. The van der Waals surface area contributed by atoms with Crippen molar-refractivity contribution in [3.8, 4) is 0 Å². The maximum Gasteiger partial charge on any atom is 0.330 e. The Labute approximate surface area is 114 Å². The van der Waals surface area contributed by atoms with Crippen molar-refractivity contribution in [3.05, 3.63) is 45.0 Å². The predicted molar refractivity (Wildman–Crippen MR) is 72.8 cm³/mol. The second kappa shape index (κ2) is 4.63. The molecule has 1 aliphatic rings. The van der Waals surface area contributed by atoms with E-state index in [4.69, 9.17) is 4.74 Å². The van der Waals surface area contributed by atoms with Crippen molar-refractivity contribution in [3.63, 3.8) is 0 Å². The fourth-order valence-electron chi connectivity index (χ4n) is 2.76. The Bertz CT molecular complexity index is 803. The molecule has 6 heteroatoms. The Hall–Kier alpha value is -2.37. The highest BCUT2D eigenvalue weighted by Crippen LogP contribution is 2.19. The minimum Gasteiger partial charge on any atom is -0.467 e. The smallest absolute Gasteiger partial charge is 0.330 e. The highest BCUT2D eigenvalue weighted by molar-refractivity contribution is 5.81. The van der Waals surface area contributed by atoms with E-state index in [-0.39, 0.29) is 11.1 Å². The van der Waals surface area contributed by atoms with E-state index in [1.54, 1.807) is 24.3 Å². The summed E-state index contributed by atoms with van der Waals surface area (Å²) in [7, 11) is 1.28. The summed E-state index contributed by atoms with van der Waals surface area (Å²) in [6, 6.07) is 5.95. The molecule has 0 spiro atoms. The van der Waals surface area contributed by atoms with E-state index in [0.29, 0.717) is 30.2 Å².